The van der Waals surface area contributed by atoms with Crippen LogP contribution in [0.2, 0.25) is 0 Å². The maximum Gasteiger partial charge on any atom is 0.490 e. The van der Waals surface area contributed by atoms with Crippen LogP contribution >= 0.6 is 11.8 Å². The number of carbonyl (C=O) groups excluding carboxylic acids is 2. The Morgan fingerprint density at radius 1 is 1.22 bits per heavy atom. The van der Waals surface area contributed by atoms with Gasteiger partial charge in [-0.05, 0) is 36.8 Å². The average molecular weight is 603 g/mol. The number of thioether (sulfide) groups is 1. The van der Waals surface area contributed by atoms with Crippen LogP contribution in [-0.2, 0) is 36.8 Å². The zero-order valence-corrected chi connectivity index (χ0v) is 23.1. The Balaban J connectivity index is 0.000000745. The largest absolute Gasteiger partial charge is 0.490 e. The number of carboxylic acids is 2. The number of nitrogens with zero attached hydrogens (tertiary/aromatic N) is 2. The number of hydrogen-bond donors (Lipinski definition) is 4. The van der Waals surface area contributed by atoms with Gasteiger partial charge >= 0.3 is 18.1 Å². The van der Waals surface area contributed by atoms with E-state index in [1.54, 1.807) is 17.4 Å². The molecule has 0 radical (unpaired) electrons. The minimum atomic E-state index is -5.08. The summed E-state index contributed by atoms with van der Waals surface area (Å²) in [7, 11) is 0. The first-order valence-corrected chi connectivity index (χ1v) is 14.1. The third kappa shape index (κ3) is 11.8. The van der Waals surface area contributed by atoms with Crippen LogP contribution in [-0.4, -0.2) is 98.4 Å². The van der Waals surface area contributed by atoms with Gasteiger partial charge < -0.3 is 30.2 Å². The summed E-state index contributed by atoms with van der Waals surface area (Å²) in [5.41, 5.74) is 1.67. The SMILES string of the molecule is CSCC[C@H](NC(=O)C(Cc1ccccc1)OC[C@@H]1CCCN1C(=O)Cc1cnc[nH]1)C(=O)O.O=C(O)C(F)(F)F. The molecule has 2 heterocycles. The van der Waals surface area contributed by atoms with Crippen LogP contribution in [0.4, 0.5) is 13.2 Å². The molecule has 1 aromatic carbocycles. The number of hydrogen-bond acceptors (Lipinski definition) is 7. The van der Waals surface area contributed by atoms with E-state index in [4.69, 9.17) is 14.6 Å². The number of carbonyl (C=O) groups is 4. The molecule has 0 bridgehead atoms. The molecular weight excluding hydrogens is 569 g/mol. The van der Waals surface area contributed by atoms with Crippen LogP contribution in [0.3, 0.4) is 0 Å². The number of aromatic amines is 1. The molecule has 1 unspecified atom stereocenters. The number of ether oxygens (including phenoxy) is 1. The number of aromatic nitrogens is 2. The number of rotatable bonds is 13. The predicted octanol–water partition coefficient (Wildman–Crippen LogP) is 2.53. The maximum absolute atomic E-state index is 13.1. The molecule has 0 aliphatic carbocycles. The third-order valence-corrected chi connectivity index (χ3v) is 6.75. The highest BCUT2D eigenvalue weighted by molar-refractivity contribution is 7.98. The highest BCUT2D eigenvalue weighted by Crippen LogP contribution is 2.20. The molecule has 1 aliphatic rings. The normalized spacial score (nSPS) is 16.3. The molecule has 0 spiro atoms. The molecule has 41 heavy (non-hydrogen) atoms. The van der Waals surface area contributed by atoms with Crippen LogP contribution in [0.15, 0.2) is 42.9 Å². The van der Waals surface area contributed by atoms with Gasteiger partial charge in [0.25, 0.3) is 0 Å². The van der Waals surface area contributed by atoms with Gasteiger partial charge in [-0.1, -0.05) is 30.3 Å². The monoisotopic (exact) mass is 602 g/mol. The van der Waals surface area contributed by atoms with E-state index in [0.717, 1.165) is 24.1 Å². The number of likely N-dealkylation sites (tertiary alicyclic amines) is 1. The number of benzene rings is 1. The van der Waals surface area contributed by atoms with Gasteiger partial charge in [0.2, 0.25) is 11.8 Å². The standard InChI is InChI=1S/C24H32N4O5S.C2HF3O2/c1-34-11-9-20(24(31)32)27-23(30)21(12-17-6-3-2-4-7-17)33-15-19-8-5-10-28(19)22(29)13-18-14-25-16-26-18;3-2(4,5)1(6)7/h2-4,6-7,14,16,19-21H,5,8-13,15H2,1H3,(H,25,26)(H,27,30)(H,31,32);(H,6,7)/t19-,20-,21?;/m0./s1. The van der Waals surface area contributed by atoms with Crippen molar-refractivity contribution < 1.29 is 47.3 Å². The molecule has 3 rings (SSSR count). The molecular formula is C26H33F3N4O7S. The smallest absolute Gasteiger partial charge is 0.480 e. The Morgan fingerprint density at radius 3 is 2.46 bits per heavy atom. The van der Waals surface area contributed by atoms with Gasteiger partial charge in [0, 0.05) is 24.9 Å². The lowest BCUT2D eigenvalue weighted by atomic mass is 10.1. The number of imidazole rings is 1. The van der Waals surface area contributed by atoms with Gasteiger partial charge in [0.1, 0.15) is 12.1 Å². The van der Waals surface area contributed by atoms with Crippen LogP contribution in [0.5, 0.6) is 0 Å². The summed E-state index contributed by atoms with van der Waals surface area (Å²) in [5.74, 6) is -3.66. The van der Waals surface area contributed by atoms with Gasteiger partial charge in [-0.25, -0.2) is 14.6 Å². The molecule has 0 saturated carbocycles. The van der Waals surface area contributed by atoms with Crippen molar-refractivity contribution in [2.45, 2.75) is 56.5 Å². The first-order chi connectivity index (χ1) is 19.4. The number of H-pyrrole nitrogens is 1. The Morgan fingerprint density at radius 2 is 1.90 bits per heavy atom. The molecule has 4 N–H and O–H groups in total. The Hall–Kier alpha value is -3.59. The second-order valence-electron chi connectivity index (χ2n) is 9.13. The van der Waals surface area contributed by atoms with Crippen LogP contribution < -0.4 is 5.32 Å². The summed E-state index contributed by atoms with van der Waals surface area (Å²) in [4.78, 5) is 55.1. The predicted molar refractivity (Wildman–Crippen MR) is 143 cm³/mol. The van der Waals surface area contributed by atoms with E-state index in [1.165, 1.54) is 11.8 Å². The van der Waals surface area contributed by atoms with Crippen molar-refractivity contribution in [1.82, 2.24) is 20.2 Å². The first-order valence-electron chi connectivity index (χ1n) is 12.7. The van der Waals surface area contributed by atoms with Gasteiger partial charge in [-0.3, -0.25) is 9.59 Å². The van der Waals surface area contributed by atoms with Gasteiger partial charge in [-0.2, -0.15) is 24.9 Å². The van der Waals surface area contributed by atoms with Crippen molar-refractivity contribution in [3.8, 4) is 0 Å². The fraction of sp³-hybridized carbons (Fsp3) is 0.500. The van der Waals surface area contributed by atoms with Crippen LogP contribution in [0.25, 0.3) is 0 Å². The van der Waals surface area contributed by atoms with E-state index < -0.39 is 36.2 Å². The third-order valence-electron chi connectivity index (χ3n) is 6.11. The minimum Gasteiger partial charge on any atom is -0.480 e. The van der Waals surface area contributed by atoms with Crippen molar-refractivity contribution in [2.24, 2.45) is 0 Å². The number of aliphatic carboxylic acids is 2. The zero-order chi connectivity index (χ0) is 30.4. The van der Waals surface area contributed by atoms with E-state index in [2.05, 4.69) is 15.3 Å². The van der Waals surface area contributed by atoms with Crippen molar-refractivity contribution in [3.63, 3.8) is 0 Å². The molecule has 15 heteroatoms. The molecule has 1 fully saturated rings. The van der Waals surface area contributed by atoms with Crippen molar-refractivity contribution >= 4 is 35.5 Å². The number of halogens is 3. The highest BCUT2D eigenvalue weighted by Gasteiger charge is 2.38. The number of nitrogens with one attached hydrogen (secondary N) is 2. The van der Waals surface area contributed by atoms with E-state index in [0.29, 0.717) is 25.1 Å². The molecule has 3 atom stereocenters. The van der Waals surface area contributed by atoms with Crippen molar-refractivity contribution in [3.05, 3.63) is 54.1 Å². The van der Waals surface area contributed by atoms with Crippen molar-refractivity contribution in [2.75, 3.05) is 25.2 Å². The number of amides is 2. The van der Waals surface area contributed by atoms with Crippen LogP contribution in [0, 0.1) is 0 Å². The summed E-state index contributed by atoms with van der Waals surface area (Å²) in [5, 5.41) is 19.3. The van der Waals surface area contributed by atoms with E-state index in [9.17, 15) is 32.7 Å². The average Bonchev–Trinajstić information content (AvgIpc) is 3.61. The molecule has 1 saturated heterocycles. The lowest BCUT2D eigenvalue weighted by Gasteiger charge is -2.27. The molecule has 1 aliphatic heterocycles. The Kier molecular flexibility index (Phi) is 13.6. The maximum atomic E-state index is 13.1. The lowest BCUT2D eigenvalue weighted by molar-refractivity contribution is -0.192. The Labute approximate surface area is 238 Å². The molecule has 2 amide bonds. The topological polar surface area (TPSA) is 162 Å². The van der Waals surface area contributed by atoms with Gasteiger partial charge in [0.05, 0.1) is 25.4 Å². The van der Waals surface area contributed by atoms with Crippen molar-refractivity contribution in [1.29, 1.82) is 0 Å². The molecule has 1 aromatic heterocycles. The first kappa shape index (κ1) is 33.6. The van der Waals surface area contributed by atoms with Gasteiger partial charge in [0.15, 0.2) is 0 Å². The lowest BCUT2D eigenvalue weighted by Crippen LogP contribution is -2.48. The fourth-order valence-electron chi connectivity index (χ4n) is 4.02. The zero-order valence-electron chi connectivity index (χ0n) is 22.3. The molecule has 11 nitrogen and oxygen atoms in total. The fourth-order valence-corrected chi connectivity index (χ4v) is 4.50. The summed E-state index contributed by atoms with van der Waals surface area (Å²) < 4.78 is 37.8. The summed E-state index contributed by atoms with van der Waals surface area (Å²) >= 11 is 1.53. The number of carboxylic acid groups (broad SMARTS) is 2. The molecule has 2 aromatic rings. The van der Waals surface area contributed by atoms with Crippen LogP contribution in [0.1, 0.15) is 30.5 Å². The number of alkyl halides is 3. The minimum absolute atomic E-state index is 0.0117. The van der Waals surface area contributed by atoms with Gasteiger partial charge in [-0.15, -0.1) is 0 Å². The Bertz CT molecular complexity index is 1120. The summed E-state index contributed by atoms with van der Waals surface area (Å²) in [6.45, 7) is 0.856. The van der Waals surface area contributed by atoms with E-state index in [-0.39, 0.29) is 25.0 Å². The molecule has 226 valence electrons. The van der Waals surface area contributed by atoms with E-state index >= 15 is 0 Å². The second kappa shape index (κ2) is 16.6. The second-order valence-corrected chi connectivity index (χ2v) is 10.1. The van der Waals surface area contributed by atoms with E-state index in [1.807, 2.05) is 36.6 Å². The summed E-state index contributed by atoms with van der Waals surface area (Å²) in [6, 6.07) is 8.37. The summed E-state index contributed by atoms with van der Waals surface area (Å²) in [6.07, 6.45) is 1.68. The quantitative estimate of drug-likeness (QED) is 0.270. The highest BCUT2D eigenvalue weighted by atomic mass is 32.2.